The first-order valence-electron chi connectivity index (χ1n) is 6.10. The molecule has 0 aliphatic heterocycles. The van der Waals surface area contributed by atoms with Crippen LogP contribution in [0.3, 0.4) is 0 Å². The van der Waals surface area contributed by atoms with Gasteiger partial charge < -0.3 is 0 Å². The monoisotopic (exact) mass is 242 g/mol. The van der Waals surface area contributed by atoms with Crippen molar-refractivity contribution in [2.75, 3.05) is 0 Å². The maximum atomic E-state index is 12.1. The van der Waals surface area contributed by atoms with E-state index in [1.54, 1.807) is 7.05 Å². The lowest BCUT2D eigenvalue weighted by Gasteiger charge is -2.02. The summed E-state index contributed by atoms with van der Waals surface area (Å²) in [6, 6.07) is 5.99. The first kappa shape index (κ1) is 11.1. The number of carbonyl (C=O) groups is 1. The lowest BCUT2D eigenvalue weighted by molar-refractivity contribution is 0.0990. The van der Waals surface area contributed by atoms with Crippen molar-refractivity contribution >= 4 is 5.78 Å². The normalized spacial score (nSPS) is 13.6. The molecule has 1 aliphatic rings. The lowest BCUT2D eigenvalue weighted by atomic mass is 10.0. The van der Waals surface area contributed by atoms with E-state index in [-0.39, 0.29) is 12.2 Å². The fourth-order valence-electron chi connectivity index (χ4n) is 2.39. The maximum Gasteiger partial charge on any atom is 0.182 e. The molecule has 0 spiro atoms. The number of aryl methyl sites for hydroxylation is 3. The van der Waals surface area contributed by atoms with Crippen LogP contribution in [-0.2, 0) is 26.3 Å². The molecule has 1 aromatic heterocycles. The van der Waals surface area contributed by atoms with Gasteiger partial charge >= 0.3 is 0 Å². The predicted molar refractivity (Wildman–Crippen MR) is 65.3 cm³/mol. The molecule has 0 unspecified atom stereocenters. The van der Waals surface area contributed by atoms with Gasteiger partial charge in [0.25, 0.3) is 0 Å². The van der Waals surface area contributed by atoms with Gasteiger partial charge in [0, 0.05) is 5.56 Å². The number of tetrazole rings is 1. The Morgan fingerprint density at radius 1 is 1.33 bits per heavy atom. The van der Waals surface area contributed by atoms with Crippen molar-refractivity contribution in [2.45, 2.75) is 25.7 Å². The molecule has 1 aliphatic carbocycles. The van der Waals surface area contributed by atoms with Crippen molar-refractivity contribution in [3.8, 4) is 0 Å². The van der Waals surface area contributed by atoms with Crippen molar-refractivity contribution < 1.29 is 4.79 Å². The molecule has 0 saturated heterocycles. The van der Waals surface area contributed by atoms with Gasteiger partial charge in [0.2, 0.25) is 0 Å². The van der Waals surface area contributed by atoms with E-state index in [1.807, 2.05) is 12.1 Å². The molecule has 18 heavy (non-hydrogen) atoms. The summed E-state index contributed by atoms with van der Waals surface area (Å²) in [6.07, 6.45) is 3.63. The van der Waals surface area contributed by atoms with Gasteiger partial charge in [0.05, 0.1) is 13.5 Å². The zero-order valence-electron chi connectivity index (χ0n) is 10.3. The SMILES string of the molecule is Cn1nnc(CC(=O)c2ccc3c(c2)CCC3)n1. The van der Waals surface area contributed by atoms with Crippen molar-refractivity contribution in [2.24, 2.45) is 7.05 Å². The van der Waals surface area contributed by atoms with Gasteiger partial charge in [0.1, 0.15) is 0 Å². The first-order chi connectivity index (χ1) is 8.72. The molecule has 92 valence electrons. The summed E-state index contributed by atoms with van der Waals surface area (Å²) in [7, 11) is 1.69. The van der Waals surface area contributed by atoms with E-state index in [0.717, 1.165) is 18.4 Å². The highest BCUT2D eigenvalue weighted by molar-refractivity contribution is 5.97. The van der Waals surface area contributed by atoms with Crippen molar-refractivity contribution in [1.82, 2.24) is 20.2 Å². The van der Waals surface area contributed by atoms with Crippen LogP contribution in [0.15, 0.2) is 18.2 Å². The molecule has 0 amide bonds. The topological polar surface area (TPSA) is 60.7 Å². The Kier molecular flexibility index (Phi) is 2.66. The van der Waals surface area contributed by atoms with E-state index in [0.29, 0.717) is 5.82 Å². The zero-order valence-corrected chi connectivity index (χ0v) is 10.3. The van der Waals surface area contributed by atoms with Crippen LogP contribution in [0.2, 0.25) is 0 Å². The van der Waals surface area contributed by atoms with Crippen LogP contribution in [0.5, 0.6) is 0 Å². The van der Waals surface area contributed by atoms with E-state index < -0.39 is 0 Å². The van der Waals surface area contributed by atoms with Gasteiger partial charge in [-0.15, -0.1) is 10.2 Å². The number of nitrogens with zero attached hydrogens (tertiary/aromatic N) is 4. The minimum Gasteiger partial charge on any atom is -0.294 e. The average Bonchev–Trinajstić information content (AvgIpc) is 2.96. The van der Waals surface area contributed by atoms with Crippen molar-refractivity contribution in [3.63, 3.8) is 0 Å². The summed E-state index contributed by atoms with van der Waals surface area (Å²) in [5.41, 5.74) is 3.44. The minimum atomic E-state index is 0.0534. The third kappa shape index (κ3) is 2.03. The maximum absolute atomic E-state index is 12.1. The fourth-order valence-corrected chi connectivity index (χ4v) is 2.39. The first-order valence-corrected chi connectivity index (χ1v) is 6.10. The van der Waals surface area contributed by atoms with E-state index in [4.69, 9.17) is 0 Å². The summed E-state index contributed by atoms with van der Waals surface area (Å²) in [4.78, 5) is 13.5. The average molecular weight is 242 g/mol. The molecule has 5 heteroatoms. The second-order valence-corrected chi connectivity index (χ2v) is 4.63. The standard InChI is InChI=1S/C13H14N4O/c1-17-15-13(14-16-17)8-12(18)11-6-5-9-3-2-4-10(9)7-11/h5-7H,2-4,8H2,1H3. The molecular formula is C13H14N4O. The van der Waals surface area contributed by atoms with Crippen molar-refractivity contribution in [1.29, 1.82) is 0 Å². The number of benzene rings is 1. The summed E-state index contributed by atoms with van der Waals surface area (Å²) >= 11 is 0. The zero-order chi connectivity index (χ0) is 12.5. The molecule has 1 aromatic carbocycles. The third-order valence-electron chi connectivity index (χ3n) is 3.29. The summed E-state index contributed by atoms with van der Waals surface area (Å²) in [5.74, 6) is 0.528. The number of Topliss-reactive ketones (excluding diaryl/α,β-unsaturated/α-hetero) is 1. The molecule has 0 N–H and O–H groups in total. The van der Waals surface area contributed by atoms with Crippen LogP contribution in [0.25, 0.3) is 0 Å². The van der Waals surface area contributed by atoms with Crippen LogP contribution in [0.4, 0.5) is 0 Å². The molecule has 0 radical (unpaired) electrons. The smallest absolute Gasteiger partial charge is 0.182 e. The fraction of sp³-hybridized carbons (Fsp3) is 0.385. The highest BCUT2D eigenvalue weighted by Gasteiger charge is 2.15. The van der Waals surface area contributed by atoms with Crippen molar-refractivity contribution in [3.05, 3.63) is 40.7 Å². The Balaban J connectivity index is 1.80. The van der Waals surface area contributed by atoms with E-state index in [9.17, 15) is 4.79 Å². The molecule has 3 rings (SSSR count). The largest absolute Gasteiger partial charge is 0.294 e. The molecule has 0 atom stereocenters. The van der Waals surface area contributed by atoms with Crippen LogP contribution in [0, 0.1) is 0 Å². The number of rotatable bonds is 3. The summed E-state index contributed by atoms with van der Waals surface area (Å²) < 4.78 is 0. The summed E-state index contributed by atoms with van der Waals surface area (Å²) in [6.45, 7) is 0. The van der Waals surface area contributed by atoms with Crippen LogP contribution in [-0.4, -0.2) is 26.0 Å². The minimum absolute atomic E-state index is 0.0534. The molecule has 0 saturated carbocycles. The number of aromatic nitrogens is 4. The molecule has 5 nitrogen and oxygen atoms in total. The highest BCUT2D eigenvalue weighted by atomic mass is 16.1. The number of ketones is 1. The van der Waals surface area contributed by atoms with Gasteiger partial charge in [-0.3, -0.25) is 4.79 Å². The Morgan fingerprint density at radius 2 is 2.17 bits per heavy atom. The summed E-state index contributed by atoms with van der Waals surface area (Å²) in [5, 5.41) is 11.6. The van der Waals surface area contributed by atoms with Crippen LogP contribution in [0.1, 0.15) is 33.7 Å². The second-order valence-electron chi connectivity index (χ2n) is 4.63. The van der Waals surface area contributed by atoms with Gasteiger partial charge in [-0.2, -0.15) is 4.80 Å². The van der Waals surface area contributed by atoms with Gasteiger partial charge in [-0.25, -0.2) is 0 Å². The number of hydrogen-bond donors (Lipinski definition) is 0. The predicted octanol–water partition coefficient (Wildman–Crippen LogP) is 1.12. The Hall–Kier alpha value is -2.04. The Morgan fingerprint density at radius 3 is 2.94 bits per heavy atom. The lowest BCUT2D eigenvalue weighted by Crippen LogP contribution is -2.06. The Labute approximate surface area is 105 Å². The van der Waals surface area contributed by atoms with Crippen LogP contribution >= 0.6 is 0 Å². The van der Waals surface area contributed by atoms with Gasteiger partial charge in [-0.1, -0.05) is 12.1 Å². The molecule has 2 aromatic rings. The number of hydrogen-bond acceptors (Lipinski definition) is 4. The molecular weight excluding hydrogens is 228 g/mol. The highest BCUT2D eigenvalue weighted by Crippen LogP contribution is 2.23. The molecule has 0 bridgehead atoms. The second kappa shape index (κ2) is 4.33. The van der Waals surface area contributed by atoms with Gasteiger partial charge in [0.15, 0.2) is 11.6 Å². The molecule has 0 fully saturated rings. The number of carbonyl (C=O) groups excluding carboxylic acids is 1. The molecule has 1 heterocycles. The van der Waals surface area contributed by atoms with E-state index in [2.05, 4.69) is 21.5 Å². The van der Waals surface area contributed by atoms with Crippen LogP contribution < -0.4 is 0 Å². The van der Waals surface area contributed by atoms with E-state index in [1.165, 1.54) is 22.3 Å². The quantitative estimate of drug-likeness (QED) is 0.757. The van der Waals surface area contributed by atoms with E-state index >= 15 is 0 Å². The Bertz CT molecular complexity index is 603. The van der Waals surface area contributed by atoms with Gasteiger partial charge in [-0.05, 0) is 41.7 Å². The third-order valence-corrected chi connectivity index (χ3v) is 3.29. The number of fused-ring (bicyclic) bond motifs is 1.